The second-order valence-corrected chi connectivity index (χ2v) is 4.90. The van der Waals surface area contributed by atoms with E-state index in [4.69, 9.17) is 9.15 Å². The molecule has 20 heavy (non-hydrogen) atoms. The van der Waals surface area contributed by atoms with Crippen LogP contribution in [0.15, 0.2) is 39.2 Å². The molecule has 0 saturated carbocycles. The zero-order chi connectivity index (χ0) is 14.7. The van der Waals surface area contributed by atoms with Crippen LogP contribution in [-0.4, -0.2) is 25.3 Å². The van der Waals surface area contributed by atoms with Crippen molar-refractivity contribution in [1.29, 1.82) is 0 Å². The average molecular weight is 341 g/mol. The van der Waals surface area contributed by atoms with E-state index in [1.807, 2.05) is 0 Å². The Kier molecular flexibility index (Phi) is 4.46. The molecule has 1 heterocycles. The summed E-state index contributed by atoms with van der Waals surface area (Å²) < 4.78 is 15.9. The Morgan fingerprint density at radius 3 is 2.70 bits per heavy atom. The van der Waals surface area contributed by atoms with E-state index < -0.39 is 12.1 Å². The quantitative estimate of drug-likeness (QED) is 0.866. The molecule has 0 spiro atoms. The summed E-state index contributed by atoms with van der Waals surface area (Å²) in [5.74, 6) is 0.207. The minimum Gasteiger partial charge on any atom is -0.496 e. The van der Waals surface area contributed by atoms with Gasteiger partial charge in [-0.3, -0.25) is 0 Å². The van der Waals surface area contributed by atoms with Gasteiger partial charge in [-0.05, 0) is 30.3 Å². The lowest BCUT2D eigenvalue weighted by Gasteiger charge is -2.13. The molecule has 0 aliphatic carbocycles. The highest BCUT2D eigenvalue weighted by molar-refractivity contribution is 9.10. The van der Waals surface area contributed by atoms with Gasteiger partial charge < -0.3 is 19.0 Å². The van der Waals surface area contributed by atoms with Gasteiger partial charge >= 0.3 is 5.97 Å². The summed E-state index contributed by atoms with van der Waals surface area (Å²) in [5.41, 5.74) is 0.535. The predicted molar refractivity (Wildman–Crippen MR) is 74.8 cm³/mol. The van der Waals surface area contributed by atoms with Gasteiger partial charge in [0.2, 0.25) is 5.76 Å². The van der Waals surface area contributed by atoms with Crippen molar-refractivity contribution >= 4 is 21.9 Å². The number of carbonyl (C=O) groups excluding carboxylic acids is 1. The molecule has 0 radical (unpaired) electrons. The number of halogens is 1. The van der Waals surface area contributed by atoms with Crippen LogP contribution in [0.2, 0.25) is 0 Å². The molecule has 1 unspecified atom stereocenters. The van der Waals surface area contributed by atoms with E-state index in [1.165, 1.54) is 26.4 Å². The van der Waals surface area contributed by atoms with E-state index in [2.05, 4.69) is 20.7 Å². The smallest absolute Gasteiger partial charge is 0.373 e. The van der Waals surface area contributed by atoms with E-state index in [-0.39, 0.29) is 11.5 Å². The second kappa shape index (κ2) is 6.11. The topological polar surface area (TPSA) is 68.9 Å². The molecule has 0 saturated heterocycles. The number of aliphatic hydroxyl groups excluding tert-OH is 1. The number of benzene rings is 1. The Hall–Kier alpha value is -1.79. The highest BCUT2D eigenvalue weighted by atomic mass is 79.9. The number of furan rings is 1. The lowest BCUT2D eigenvalue weighted by atomic mass is 10.1. The van der Waals surface area contributed by atoms with Gasteiger partial charge in [-0.1, -0.05) is 15.9 Å². The van der Waals surface area contributed by atoms with Gasteiger partial charge in [-0.15, -0.1) is 0 Å². The normalized spacial score (nSPS) is 12.0. The van der Waals surface area contributed by atoms with Crippen molar-refractivity contribution in [2.75, 3.05) is 14.2 Å². The number of ether oxygens (including phenoxy) is 2. The maximum absolute atomic E-state index is 11.3. The number of rotatable bonds is 4. The lowest BCUT2D eigenvalue weighted by molar-refractivity contribution is 0.0558. The standard InChI is InChI=1S/C14H13BrO5/c1-18-10-4-3-8(15)7-9(10)13(16)11-5-6-12(20-11)14(17)19-2/h3-7,13,16H,1-2H3. The van der Waals surface area contributed by atoms with Crippen LogP contribution in [0.3, 0.4) is 0 Å². The number of aliphatic hydroxyl groups is 1. The predicted octanol–water partition coefficient (Wildman–Crippen LogP) is 2.92. The third-order valence-corrected chi connectivity index (χ3v) is 3.26. The van der Waals surface area contributed by atoms with Gasteiger partial charge in [0.1, 0.15) is 17.6 Å². The summed E-state index contributed by atoms with van der Waals surface area (Å²) in [6.45, 7) is 0. The number of methoxy groups -OCH3 is 2. The molecular formula is C14H13BrO5. The molecule has 0 fully saturated rings. The summed E-state index contributed by atoms with van der Waals surface area (Å²) in [6, 6.07) is 8.24. The molecule has 1 aromatic carbocycles. The molecule has 1 N–H and O–H groups in total. The van der Waals surface area contributed by atoms with Gasteiger partial charge in [-0.25, -0.2) is 4.79 Å². The third kappa shape index (κ3) is 2.86. The molecular weight excluding hydrogens is 328 g/mol. The van der Waals surface area contributed by atoms with E-state index in [1.54, 1.807) is 18.2 Å². The third-order valence-electron chi connectivity index (χ3n) is 2.77. The molecule has 0 aliphatic rings. The van der Waals surface area contributed by atoms with Gasteiger partial charge in [0, 0.05) is 10.0 Å². The molecule has 106 valence electrons. The van der Waals surface area contributed by atoms with E-state index in [0.29, 0.717) is 11.3 Å². The van der Waals surface area contributed by atoms with Crippen LogP contribution >= 0.6 is 15.9 Å². The Bertz CT molecular complexity index is 620. The highest BCUT2D eigenvalue weighted by Crippen LogP contribution is 2.33. The first-order chi connectivity index (χ1) is 9.56. The summed E-state index contributed by atoms with van der Waals surface area (Å²) in [6.07, 6.45) is -1.04. The van der Waals surface area contributed by atoms with Crippen molar-refractivity contribution in [3.8, 4) is 5.75 Å². The van der Waals surface area contributed by atoms with E-state index >= 15 is 0 Å². The first-order valence-corrected chi connectivity index (χ1v) is 6.55. The zero-order valence-electron chi connectivity index (χ0n) is 10.9. The van der Waals surface area contributed by atoms with Crippen LogP contribution in [0.25, 0.3) is 0 Å². The molecule has 0 bridgehead atoms. The average Bonchev–Trinajstić information content (AvgIpc) is 2.95. The van der Waals surface area contributed by atoms with Crippen molar-refractivity contribution < 1.29 is 23.8 Å². The van der Waals surface area contributed by atoms with Crippen molar-refractivity contribution in [2.45, 2.75) is 6.10 Å². The summed E-state index contributed by atoms with van der Waals surface area (Å²) in [4.78, 5) is 11.3. The van der Waals surface area contributed by atoms with Gasteiger partial charge in [0.25, 0.3) is 0 Å². The Morgan fingerprint density at radius 1 is 1.30 bits per heavy atom. The first-order valence-electron chi connectivity index (χ1n) is 5.76. The van der Waals surface area contributed by atoms with Crippen molar-refractivity contribution in [2.24, 2.45) is 0 Å². The molecule has 5 nitrogen and oxygen atoms in total. The van der Waals surface area contributed by atoms with E-state index in [9.17, 15) is 9.90 Å². The maximum Gasteiger partial charge on any atom is 0.373 e. The lowest BCUT2D eigenvalue weighted by Crippen LogP contribution is -2.02. The number of hydrogen-bond acceptors (Lipinski definition) is 5. The van der Waals surface area contributed by atoms with Gasteiger partial charge in [-0.2, -0.15) is 0 Å². The van der Waals surface area contributed by atoms with Crippen molar-refractivity contribution in [3.05, 3.63) is 51.9 Å². The SMILES string of the molecule is COC(=O)c1ccc(C(O)c2cc(Br)ccc2OC)o1. The van der Waals surface area contributed by atoms with Crippen LogP contribution < -0.4 is 4.74 Å². The Balaban J connectivity index is 2.36. The zero-order valence-corrected chi connectivity index (χ0v) is 12.5. The monoisotopic (exact) mass is 340 g/mol. The number of esters is 1. The maximum atomic E-state index is 11.3. The first kappa shape index (κ1) is 14.6. The Morgan fingerprint density at radius 2 is 2.05 bits per heavy atom. The van der Waals surface area contributed by atoms with Crippen LogP contribution in [0, 0.1) is 0 Å². The van der Waals surface area contributed by atoms with E-state index in [0.717, 1.165) is 4.47 Å². The molecule has 6 heteroatoms. The minimum absolute atomic E-state index is 0.0375. The largest absolute Gasteiger partial charge is 0.496 e. The molecule has 2 aromatic rings. The fraction of sp³-hybridized carbons (Fsp3) is 0.214. The fourth-order valence-electron chi connectivity index (χ4n) is 1.78. The van der Waals surface area contributed by atoms with Crippen LogP contribution in [0.1, 0.15) is 28.0 Å². The number of carbonyl (C=O) groups is 1. The van der Waals surface area contributed by atoms with Crippen LogP contribution in [-0.2, 0) is 4.74 Å². The van der Waals surface area contributed by atoms with Gasteiger partial charge in [0.15, 0.2) is 0 Å². The summed E-state index contributed by atoms with van der Waals surface area (Å²) in [7, 11) is 2.78. The summed E-state index contributed by atoms with van der Waals surface area (Å²) >= 11 is 3.33. The molecule has 0 amide bonds. The van der Waals surface area contributed by atoms with Crippen LogP contribution in [0.4, 0.5) is 0 Å². The second-order valence-electron chi connectivity index (χ2n) is 3.98. The Labute approximate surface area is 124 Å². The molecule has 0 aliphatic heterocycles. The highest BCUT2D eigenvalue weighted by Gasteiger charge is 2.21. The van der Waals surface area contributed by atoms with Crippen molar-refractivity contribution in [1.82, 2.24) is 0 Å². The molecule has 1 aromatic heterocycles. The summed E-state index contributed by atoms with van der Waals surface area (Å²) in [5, 5.41) is 10.3. The fourth-order valence-corrected chi connectivity index (χ4v) is 2.16. The minimum atomic E-state index is -1.04. The number of hydrogen-bond donors (Lipinski definition) is 1. The van der Waals surface area contributed by atoms with Gasteiger partial charge in [0.05, 0.1) is 14.2 Å². The van der Waals surface area contributed by atoms with Crippen molar-refractivity contribution in [3.63, 3.8) is 0 Å². The molecule has 2 rings (SSSR count). The van der Waals surface area contributed by atoms with Crippen LogP contribution in [0.5, 0.6) is 5.75 Å². The molecule has 1 atom stereocenters.